The van der Waals surface area contributed by atoms with Crippen molar-refractivity contribution in [2.75, 3.05) is 0 Å². The second kappa shape index (κ2) is 4.47. The first-order valence-corrected chi connectivity index (χ1v) is 6.81. The molecule has 2 nitrogen and oxygen atoms in total. The predicted octanol–water partition coefficient (Wildman–Crippen LogP) is 4.48. The Balaban J connectivity index is 2.85. The SMILES string of the molecule is CCc1nc(Br)c2cc(Br)cc(Br)c2n1. The van der Waals surface area contributed by atoms with Gasteiger partial charge in [-0.25, -0.2) is 9.97 Å². The molecule has 15 heavy (non-hydrogen) atoms. The number of aromatic nitrogens is 2. The van der Waals surface area contributed by atoms with Gasteiger partial charge < -0.3 is 0 Å². The highest BCUT2D eigenvalue weighted by molar-refractivity contribution is 9.11. The lowest BCUT2D eigenvalue weighted by Gasteiger charge is -2.05. The van der Waals surface area contributed by atoms with Crippen LogP contribution in [0.15, 0.2) is 25.7 Å². The van der Waals surface area contributed by atoms with Gasteiger partial charge in [-0.2, -0.15) is 0 Å². The maximum absolute atomic E-state index is 4.49. The van der Waals surface area contributed by atoms with Gasteiger partial charge in [0.1, 0.15) is 10.4 Å². The van der Waals surface area contributed by atoms with Crippen LogP contribution in [0.4, 0.5) is 0 Å². The topological polar surface area (TPSA) is 25.8 Å². The van der Waals surface area contributed by atoms with Crippen molar-refractivity contribution >= 4 is 58.7 Å². The average molecular weight is 395 g/mol. The smallest absolute Gasteiger partial charge is 0.130 e. The summed E-state index contributed by atoms with van der Waals surface area (Å²) in [6, 6.07) is 3.99. The number of rotatable bonds is 1. The van der Waals surface area contributed by atoms with Crippen LogP contribution in [-0.4, -0.2) is 9.97 Å². The number of nitrogens with zero attached hydrogens (tertiary/aromatic N) is 2. The highest BCUT2D eigenvalue weighted by Crippen LogP contribution is 2.30. The van der Waals surface area contributed by atoms with Crippen molar-refractivity contribution in [3.8, 4) is 0 Å². The second-order valence-corrected chi connectivity index (χ2v) is 5.59. The minimum atomic E-state index is 0.830. The lowest BCUT2D eigenvalue weighted by atomic mass is 10.2. The highest BCUT2D eigenvalue weighted by Gasteiger charge is 2.08. The molecular formula is C10H7Br3N2. The Morgan fingerprint density at radius 2 is 1.87 bits per heavy atom. The zero-order valence-electron chi connectivity index (χ0n) is 7.89. The van der Waals surface area contributed by atoms with Gasteiger partial charge in [-0.15, -0.1) is 0 Å². The Morgan fingerprint density at radius 3 is 2.53 bits per heavy atom. The van der Waals surface area contributed by atoms with Crippen molar-refractivity contribution in [1.82, 2.24) is 9.97 Å². The molecule has 0 unspecified atom stereocenters. The van der Waals surface area contributed by atoms with E-state index in [9.17, 15) is 0 Å². The lowest BCUT2D eigenvalue weighted by molar-refractivity contribution is 0.950. The van der Waals surface area contributed by atoms with Crippen LogP contribution in [0.25, 0.3) is 10.9 Å². The maximum Gasteiger partial charge on any atom is 0.130 e. The van der Waals surface area contributed by atoms with E-state index in [-0.39, 0.29) is 0 Å². The second-order valence-electron chi connectivity index (χ2n) is 3.07. The number of halogens is 3. The van der Waals surface area contributed by atoms with Crippen molar-refractivity contribution in [2.24, 2.45) is 0 Å². The van der Waals surface area contributed by atoms with E-state index in [4.69, 9.17) is 0 Å². The summed E-state index contributed by atoms with van der Waals surface area (Å²) in [5.74, 6) is 0.845. The third-order valence-corrected chi connectivity index (χ3v) is 3.70. The summed E-state index contributed by atoms with van der Waals surface area (Å²) in [6.07, 6.45) is 0.830. The normalized spacial score (nSPS) is 10.9. The summed E-state index contributed by atoms with van der Waals surface area (Å²) < 4.78 is 2.83. The summed E-state index contributed by atoms with van der Waals surface area (Å²) >= 11 is 10.4. The highest BCUT2D eigenvalue weighted by atomic mass is 79.9. The monoisotopic (exact) mass is 392 g/mol. The molecule has 0 radical (unpaired) electrons. The van der Waals surface area contributed by atoms with Gasteiger partial charge in [0.25, 0.3) is 0 Å². The molecule has 1 aromatic heterocycles. The molecule has 0 spiro atoms. The molecule has 0 aliphatic heterocycles. The molecule has 0 N–H and O–H groups in total. The van der Waals surface area contributed by atoms with Gasteiger partial charge in [-0.3, -0.25) is 0 Å². The molecule has 0 bridgehead atoms. The molecule has 0 aliphatic rings. The van der Waals surface area contributed by atoms with E-state index in [1.807, 2.05) is 19.1 Å². The number of aryl methyl sites for hydroxylation is 1. The van der Waals surface area contributed by atoms with Gasteiger partial charge in [-0.1, -0.05) is 22.9 Å². The van der Waals surface area contributed by atoms with Gasteiger partial charge in [0, 0.05) is 20.8 Å². The minimum Gasteiger partial charge on any atom is -0.232 e. The van der Waals surface area contributed by atoms with Crippen LogP contribution in [0, 0.1) is 0 Å². The predicted molar refractivity (Wildman–Crippen MR) is 72.0 cm³/mol. The average Bonchev–Trinajstić information content (AvgIpc) is 2.19. The van der Waals surface area contributed by atoms with E-state index < -0.39 is 0 Å². The first-order chi connectivity index (χ1) is 7.11. The fraction of sp³-hybridized carbons (Fsp3) is 0.200. The standard InChI is InChI=1S/C10H7Br3N2/c1-2-8-14-9-6(10(13)15-8)3-5(11)4-7(9)12/h3-4H,2H2,1H3. The molecule has 5 heteroatoms. The van der Waals surface area contributed by atoms with Gasteiger partial charge in [-0.05, 0) is 44.0 Å². The van der Waals surface area contributed by atoms with Gasteiger partial charge in [0.2, 0.25) is 0 Å². The van der Waals surface area contributed by atoms with Gasteiger partial charge in [0.15, 0.2) is 0 Å². The van der Waals surface area contributed by atoms with Crippen LogP contribution in [0.1, 0.15) is 12.7 Å². The first-order valence-electron chi connectivity index (χ1n) is 4.43. The third kappa shape index (κ3) is 2.24. The summed E-state index contributed by atoms with van der Waals surface area (Å²) in [6.45, 7) is 2.04. The van der Waals surface area contributed by atoms with Crippen LogP contribution in [0.2, 0.25) is 0 Å². The van der Waals surface area contributed by atoms with Crippen LogP contribution in [0.5, 0.6) is 0 Å². The maximum atomic E-state index is 4.49. The number of benzene rings is 1. The molecule has 0 saturated heterocycles. The molecule has 0 amide bonds. The van der Waals surface area contributed by atoms with E-state index in [1.54, 1.807) is 0 Å². The third-order valence-electron chi connectivity index (χ3n) is 2.03. The molecule has 0 aliphatic carbocycles. The van der Waals surface area contributed by atoms with E-state index >= 15 is 0 Å². The van der Waals surface area contributed by atoms with E-state index in [0.29, 0.717) is 0 Å². The van der Waals surface area contributed by atoms with E-state index in [1.165, 1.54) is 0 Å². The van der Waals surface area contributed by atoms with Crippen molar-refractivity contribution in [3.63, 3.8) is 0 Å². The van der Waals surface area contributed by atoms with Gasteiger partial charge in [0.05, 0.1) is 5.52 Å². The van der Waals surface area contributed by atoms with Crippen LogP contribution in [0.3, 0.4) is 0 Å². The van der Waals surface area contributed by atoms with Crippen molar-refractivity contribution < 1.29 is 0 Å². The van der Waals surface area contributed by atoms with E-state index in [2.05, 4.69) is 57.8 Å². The Bertz CT molecular complexity index is 526. The molecule has 1 aromatic carbocycles. The van der Waals surface area contributed by atoms with Crippen LogP contribution in [-0.2, 0) is 6.42 Å². The number of fused-ring (bicyclic) bond motifs is 1. The fourth-order valence-corrected chi connectivity index (χ4v) is 3.14. The Hall–Kier alpha value is -0.000000000000000111. The zero-order chi connectivity index (χ0) is 11.0. The summed E-state index contributed by atoms with van der Waals surface area (Å²) in [7, 11) is 0. The molecule has 2 rings (SSSR count). The van der Waals surface area contributed by atoms with Crippen molar-refractivity contribution in [3.05, 3.63) is 31.5 Å². The molecule has 0 saturated carbocycles. The Kier molecular flexibility index (Phi) is 3.42. The van der Waals surface area contributed by atoms with Gasteiger partial charge >= 0.3 is 0 Å². The number of hydrogen-bond acceptors (Lipinski definition) is 2. The van der Waals surface area contributed by atoms with Crippen molar-refractivity contribution in [1.29, 1.82) is 0 Å². The largest absolute Gasteiger partial charge is 0.232 e. The van der Waals surface area contributed by atoms with E-state index in [0.717, 1.165) is 36.7 Å². The summed E-state index contributed by atoms with van der Waals surface area (Å²) in [5.41, 5.74) is 0.942. The summed E-state index contributed by atoms with van der Waals surface area (Å²) in [5, 5.41) is 1.01. The molecular weight excluding hydrogens is 388 g/mol. The molecule has 0 atom stereocenters. The Morgan fingerprint density at radius 1 is 1.13 bits per heavy atom. The zero-order valence-corrected chi connectivity index (χ0v) is 12.6. The number of hydrogen-bond donors (Lipinski definition) is 0. The van der Waals surface area contributed by atoms with Crippen LogP contribution >= 0.6 is 47.8 Å². The fourth-order valence-electron chi connectivity index (χ4n) is 1.32. The van der Waals surface area contributed by atoms with Crippen molar-refractivity contribution in [2.45, 2.75) is 13.3 Å². The molecule has 78 valence electrons. The first kappa shape index (κ1) is 11.5. The molecule has 2 aromatic rings. The molecule has 1 heterocycles. The quantitative estimate of drug-likeness (QED) is 0.666. The molecule has 0 fully saturated rings. The van der Waals surface area contributed by atoms with Crippen LogP contribution < -0.4 is 0 Å². The lowest BCUT2D eigenvalue weighted by Crippen LogP contribution is -1.95. The Labute approximate surface area is 113 Å². The summed E-state index contributed by atoms with van der Waals surface area (Å²) in [4.78, 5) is 8.85. The minimum absolute atomic E-state index is 0.830.